The maximum absolute atomic E-state index is 4.51. The summed E-state index contributed by atoms with van der Waals surface area (Å²) in [7, 11) is 0. The zero-order chi connectivity index (χ0) is 10.0. The fourth-order valence-corrected chi connectivity index (χ4v) is 2.53. The van der Waals surface area contributed by atoms with Crippen molar-refractivity contribution in [2.75, 3.05) is 19.6 Å². The zero-order valence-corrected chi connectivity index (χ0v) is 10.1. The van der Waals surface area contributed by atoms with E-state index in [0.717, 1.165) is 6.54 Å². The molecule has 0 saturated carbocycles. The van der Waals surface area contributed by atoms with Crippen LogP contribution in [-0.2, 0) is 0 Å². The van der Waals surface area contributed by atoms with Gasteiger partial charge < -0.3 is 0 Å². The molecule has 3 atom stereocenters. The Hall–Kier alpha value is 0.270. The number of thiol groups is 1. The van der Waals surface area contributed by atoms with Gasteiger partial charge in [0.2, 0.25) is 0 Å². The van der Waals surface area contributed by atoms with E-state index in [2.05, 4.69) is 50.1 Å². The Morgan fingerprint density at radius 1 is 1.31 bits per heavy atom. The summed E-state index contributed by atoms with van der Waals surface area (Å²) in [5.41, 5.74) is 0. The predicted molar refractivity (Wildman–Crippen MR) is 61.3 cm³/mol. The van der Waals surface area contributed by atoms with Gasteiger partial charge in [0.25, 0.3) is 0 Å². The van der Waals surface area contributed by atoms with Gasteiger partial charge in [-0.1, -0.05) is 6.92 Å². The Balaban J connectivity index is 2.59. The van der Waals surface area contributed by atoms with Crippen molar-refractivity contribution in [2.24, 2.45) is 0 Å². The molecular formula is C10H22N2S. The molecule has 1 heterocycles. The van der Waals surface area contributed by atoms with Crippen molar-refractivity contribution >= 4 is 12.6 Å². The molecule has 1 saturated heterocycles. The van der Waals surface area contributed by atoms with Gasteiger partial charge in [0, 0.05) is 25.2 Å². The Morgan fingerprint density at radius 2 is 1.92 bits per heavy atom. The van der Waals surface area contributed by atoms with E-state index in [4.69, 9.17) is 0 Å². The number of likely N-dealkylation sites (N-methyl/N-ethyl adjacent to an activating group) is 1. The molecular weight excluding hydrogens is 180 g/mol. The van der Waals surface area contributed by atoms with Crippen LogP contribution in [0.3, 0.4) is 0 Å². The van der Waals surface area contributed by atoms with Crippen molar-refractivity contribution < 1.29 is 0 Å². The lowest BCUT2D eigenvalue weighted by Crippen LogP contribution is -2.58. The lowest BCUT2D eigenvalue weighted by atomic mass is 10.1. The van der Waals surface area contributed by atoms with Gasteiger partial charge >= 0.3 is 0 Å². The molecule has 0 radical (unpaired) electrons. The van der Waals surface area contributed by atoms with E-state index < -0.39 is 0 Å². The van der Waals surface area contributed by atoms with Crippen LogP contribution in [0.4, 0.5) is 0 Å². The van der Waals surface area contributed by atoms with Crippen molar-refractivity contribution in [3.05, 3.63) is 0 Å². The number of hydrogen-bond acceptors (Lipinski definition) is 3. The summed E-state index contributed by atoms with van der Waals surface area (Å²) in [4.78, 5) is 5.01. The van der Waals surface area contributed by atoms with E-state index in [9.17, 15) is 0 Å². The number of piperazine rings is 1. The number of rotatable bonds is 2. The highest BCUT2D eigenvalue weighted by molar-refractivity contribution is 7.80. The Morgan fingerprint density at radius 3 is 2.38 bits per heavy atom. The summed E-state index contributed by atoms with van der Waals surface area (Å²) in [6, 6.07) is 1.29. The minimum Gasteiger partial charge on any atom is -0.298 e. The molecule has 13 heavy (non-hydrogen) atoms. The molecule has 0 N–H and O–H groups in total. The first-order valence-electron chi connectivity index (χ1n) is 5.25. The third kappa shape index (κ3) is 2.39. The third-order valence-electron chi connectivity index (χ3n) is 3.33. The molecule has 78 valence electrons. The maximum atomic E-state index is 4.51. The molecule has 0 bridgehead atoms. The van der Waals surface area contributed by atoms with Crippen LogP contribution >= 0.6 is 12.6 Å². The third-order valence-corrected chi connectivity index (χ3v) is 3.63. The van der Waals surface area contributed by atoms with Gasteiger partial charge in [-0.05, 0) is 27.3 Å². The van der Waals surface area contributed by atoms with Crippen LogP contribution in [0.2, 0.25) is 0 Å². The molecule has 1 aliphatic rings. The van der Waals surface area contributed by atoms with Gasteiger partial charge in [-0.15, -0.1) is 0 Å². The quantitative estimate of drug-likeness (QED) is 0.681. The average molecular weight is 202 g/mol. The topological polar surface area (TPSA) is 6.48 Å². The lowest BCUT2D eigenvalue weighted by Gasteiger charge is -2.46. The van der Waals surface area contributed by atoms with E-state index in [1.54, 1.807) is 0 Å². The fraction of sp³-hybridized carbons (Fsp3) is 1.00. The molecule has 3 heteroatoms. The normalized spacial score (nSPS) is 34.8. The van der Waals surface area contributed by atoms with Crippen molar-refractivity contribution in [1.82, 2.24) is 9.80 Å². The second-order valence-corrected chi connectivity index (χ2v) is 4.73. The van der Waals surface area contributed by atoms with E-state index in [1.807, 2.05) is 0 Å². The van der Waals surface area contributed by atoms with Crippen LogP contribution < -0.4 is 0 Å². The molecule has 0 aromatic carbocycles. The molecule has 0 aliphatic carbocycles. The van der Waals surface area contributed by atoms with Crippen molar-refractivity contribution in [1.29, 1.82) is 0 Å². The van der Waals surface area contributed by atoms with E-state index in [1.165, 1.54) is 13.1 Å². The lowest BCUT2D eigenvalue weighted by molar-refractivity contribution is 0.0359. The smallest absolute Gasteiger partial charge is 0.0503 e. The van der Waals surface area contributed by atoms with Gasteiger partial charge in [0.15, 0.2) is 0 Å². The molecule has 0 aromatic rings. The Kier molecular flexibility index (Phi) is 4.07. The maximum Gasteiger partial charge on any atom is 0.0503 e. The average Bonchev–Trinajstić information content (AvgIpc) is 2.09. The number of nitrogens with zero attached hydrogens (tertiary/aromatic N) is 2. The van der Waals surface area contributed by atoms with Gasteiger partial charge in [-0.25, -0.2) is 0 Å². The van der Waals surface area contributed by atoms with Gasteiger partial charge in [-0.3, -0.25) is 9.80 Å². The monoisotopic (exact) mass is 202 g/mol. The van der Waals surface area contributed by atoms with E-state index in [-0.39, 0.29) is 0 Å². The summed E-state index contributed by atoms with van der Waals surface area (Å²) in [5, 5.41) is 0.386. The van der Waals surface area contributed by atoms with E-state index >= 15 is 0 Å². The summed E-state index contributed by atoms with van der Waals surface area (Å²) < 4.78 is 0. The van der Waals surface area contributed by atoms with E-state index in [0.29, 0.717) is 17.5 Å². The molecule has 1 fully saturated rings. The molecule has 1 aliphatic heterocycles. The second kappa shape index (κ2) is 4.67. The van der Waals surface area contributed by atoms with Gasteiger partial charge in [0.1, 0.15) is 0 Å². The standard InChI is InChI=1S/C10H22N2S/c1-5-11-6-7-12(10(4)13)9(3)8(11)2/h8-10,13H,5-7H2,1-4H3. The van der Waals surface area contributed by atoms with Crippen LogP contribution in [0.5, 0.6) is 0 Å². The van der Waals surface area contributed by atoms with Crippen molar-refractivity contribution in [3.8, 4) is 0 Å². The van der Waals surface area contributed by atoms with Crippen LogP contribution in [0.1, 0.15) is 27.7 Å². The largest absolute Gasteiger partial charge is 0.298 e. The van der Waals surface area contributed by atoms with Crippen LogP contribution in [0.15, 0.2) is 0 Å². The highest BCUT2D eigenvalue weighted by atomic mass is 32.1. The zero-order valence-electron chi connectivity index (χ0n) is 9.20. The molecule has 0 amide bonds. The molecule has 0 aromatic heterocycles. The fourth-order valence-electron chi connectivity index (χ4n) is 2.21. The minimum atomic E-state index is 0.386. The highest BCUT2D eigenvalue weighted by Gasteiger charge is 2.30. The molecule has 2 nitrogen and oxygen atoms in total. The first kappa shape index (κ1) is 11.3. The van der Waals surface area contributed by atoms with Crippen LogP contribution in [0, 0.1) is 0 Å². The summed E-state index contributed by atoms with van der Waals surface area (Å²) >= 11 is 4.51. The van der Waals surface area contributed by atoms with Crippen molar-refractivity contribution in [2.45, 2.75) is 45.2 Å². The summed E-state index contributed by atoms with van der Waals surface area (Å²) in [6.07, 6.45) is 0. The first-order chi connectivity index (χ1) is 6.07. The Labute approximate surface area is 87.7 Å². The minimum absolute atomic E-state index is 0.386. The van der Waals surface area contributed by atoms with Gasteiger partial charge in [0.05, 0.1) is 5.37 Å². The van der Waals surface area contributed by atoms with Gasteiger partial charge in [-0.2, -0.15) is 12.6 Å². The summed E-state index contributed by atoms with van der Waals surface area (Å²) in [6.45, 7) is 12.5. The molecule has 3 unspecified atom stereocenters. The summed E-state index contributed by atoms with van der Waals surface area (Å²) in [5.74, 6) is 0. The van der Waals surface area contributed by atoms with Crippen LogP contribution in [-0.4, -0.2) is 46.9 Å². The van der Waals surface area contributed by atoms with Crippen LogP contribution in [0.25, 0.3) is 0 Å². The highest BCUT2D eigenvalue weighted by Crippen LogP contribution is 2.19. The number of hydrogen-bond donors (Lipinski definition) is 1. The molecule has 1 rings (SSSR count). The SMILES string of the molecule is CCN1CCN(C(C)S)C(C)C1C. The molecule has 0 spiro atoms. The second-order valence-electron chi connectivity index (χ2n) is 3.98. The van der Waals surface area contributed by atoms with Crippen molar-refractivity contribution in [3.63, 3.8) is 0 Å². The Bertz CT molecular complexity index is 161. The first-order valence-corrected chi connectivity index (χ1v) is 5.77. The predicted octanol–water partition coefficient (Wildman–Crippen LogP) is 1.68.